The van der Waals surface area contributed by atoms with E-state index in [4.69, 9.17) is 72.2 Å². The molecule has 4 amide bonds. The van der Waals surface area contributed by atoms with Crippen LogP contribution in [0.4, 0.5) is 21.0 Å². The first-order valence-corrected chi connectivity index (χ1v) is 37.9. The molecule has 34 heteroatoms. The SMILES string of the molecule is C=C1C[C@H]2C(O)N(C(=O)OCc3ccc(O[C@@H]4CC[C@@H](O)[C@H](O)[C@H]4O)c(C(=O)CCCOCCOCCOCCOCCOCCON)c3)c3cc(OCCCCCOc4cc5c(cc4OC)C(=O)N4CC(=C)C[C@H]4C(O)N5C(=O)OCc4ccc(O[C@@H]5OC[C@@H](O)[C@H](O)[C@H]5O)c(C(=O)CCCOC)c4)c(C)cc3C(=O)N2C1. The standard InChI is InChI=1S/C79H105N5O29/c1-46-33-57-75(95)83(78(97)109-43-49-13-16-63(112-65-18-15-61(87)69(89)71(65)91)53(36-49)60(86)12-10-20-101-23-24-102-25-26-103-27-28-104-29-30-105-31-32-111-80)55-39-66(48(3)35-51(55)73(93)81(57)41-46)106-21-7-6-8-22-107-68-40-56-52(38-67(68)100-5)74(94)82-42-47(2)34-58(82)76(96)84(56)79(98)110-44-50-14-17-64(54(37-50)59(85)11-9-19-99-4)113-77-72(92)70(90)62(88)45-108-77/h13-14,16-17,35-40,57-58,61-62,65,69-72,75-77,87-92,95-96H,1-2,6-12,15,18-34,41-45,80H2,3-5H3/t57-,58-,61+,62+,65+,69-,70-,71-,72+,75?,76?,77-/m0/s1. The zero-order valence-electron chi connectivity index (χ0n) is 63.8. The van der Waals surface area contributed by atoms with E-state index in [-0.39, 0.29) is 160 Å². The molecule has 0 radical (unpaired) electrons. The van der Waals surface area contributed by atoms with Gasteiger partial charge in [-0.1, -0.05) is 36.4 Å². The highest BCUT2D eigenvalue weighted by Crippen LogP contribution is 2.44. The molecule has 10 N–H and O–H groups in total. The van der Waals surface area contributed by atoms with Crippen LogP contribution in [-0.2, 0) is 60.7 Å². The fourth-order valence-electron chi connectivity index (χ4n) is 14.0. The van der Waals surface area contributed by atoms with Gasteiger partial charge in [-0.2, -0.15) is 0 Å². The van der Waals surface area contributed by atoms with E-state index >= 15 is 0 Å². The van der Waals surface area contributed by atoms with Crippen molar-refractivity contribution in [1.82, 2.24) is 9.80 Å². The summed E-state index contributed by atoms with van der Waals surface area (Å²) < 4.78 is 80.4. The van der Waals surface area contributed by atoms with Crippen LogP contribution in [0, 0.1) is 6.92 Å². The number of anilines is 2. The first-order valence-electron chi connectivity index (χ1n) is 37.9. The third-order valence-electron chi connectivity index (χ3n) is 20.1. The summed E-state index contributed by atoms with van der Waals surface area (Å²) in [5.74, 6) is 3.87. The van der Waals surface area contributed by atoms with Crippen molar-refractivity contribution in [2.24, 2.45) is 5.90 Å². The summed E-state index contributed by atoms with van der Waals surface area (Å²) in [5.41, 5.74) is 2.69. The Labute approximate surface area is 654 Å². The smallest absolute Gasteiger partial charge is 0.416 e. The third kappa shape index (κ3) is 22.3. The number of carbonyl (C=O) groups is 6. The Morgan fingerprint density at radius 1 is 0.504 bits per heavy atom. The molecule has 10 rings (SSSR count). The number of Topliss-reactive ketones (excluding diaryl/α,β-unsaturated/α-hetero) is 2. The second-order valence-electron chi connectivity index (χ2n) is 28.3. The summed E-state index contributed by atoms with van der Waals surface area (Å²) in [5, 5.41) is 86.9. The maximum atomic E-state index is 14.7. The predicted molar refractivity (Wildman–Crippen MR) is 400 cm³/mol. The molecule has 4 fully saturated rings. The molecule has 12 atom stereocenters. The lowest BCUT2D eigenvalue weighted by Crippen LogP contribution is -2.54. The molecule has 3 saturated heterocycles. The van der Waals surface area contributed by atoms with Gasteiger partial charge in [-0.25, -0.2) is 25.3 Å². The molecule has 1 aliphatic carbocycles. The van der Waals surface area contributed by atoms with E-state index < -0.39 is 117 Å². The van der Waals surface area contributed by atoms with Gasteiger partial charge >= 0.3 is 12.2 Å². The number of ketones is 2. The highest BCUT2D eigenvalue weighted by Gasteiger charge is 2.49. The average molecular weight is 1590 g/mol. The number of carbonyl (C=O) groups excluding carboxylic acids is 6. The van der Waals surface area contributed by atoms with Crippen LogP contribution in [0.1, 0.15) is 129 Å². The van der Waals surface area contributed by atoms with Crippen LogP contribution in [0.25, 0.3) is 0 Å². The summed E-state index contributed by atoms with van der Waals surface area (Å²) in [6.45, 7) is 13.1. The molecule has 2 unspecified atom stereocenters. The number of benzene rings is 4. The number of rotatable bonds is 42. The summed E-state index contributed by atoms with van der Waals surface area (Å²) >= 11 is 0. The molecule has 5 aliphatic heterocycles. The molecule has 6 aliphatic rings. The largest absolute Gasteiger partial charge is 0.493 e. The minimum absolute atomic E-state index is 0.00426. The maximum Gasteiger partial charge on any atom is 0.416 e. The molecular weight excluding hydrogens is 1480 g/mol. The van der Waals surface area contributed by atoms with Gasteiger partial charge in [0.2, 0.25) is 6.29 Å². The zero-order chi connectivity index (χ0) is 80.8. The van der Waals surface area contributed by atoms with Gasteiger partial charge in [0.15, 0.2) is 35.5 Å². The number of amides is 4. The number of nitrogens with two attached hydrogens (primary N) is 1. The van der Waals surface area contributed by atoms with Gasteiger partial charge in [-0.3, -0.25) is 19.2 Å². The first kappa shape index (κ1) is 86.9. The lowest BCUT2D eigenvalue weighted by molar-refractivity contribution is -0.242. The second kappa shape index (κ2) is 42.2. The molecule has 4 aromatic rings. The number of fused-ring (bicyclic) bond motifs is 4. The van der Waals surface area contributed by atoms with Crippen molar-refractivity contribution in [2.45, 2.75) is 164 Å². The van der Waals surface area contributed by atoms with Gasteiger partial charge < -0.3 is 122 Å². The molecule has 0 aromatic heterocycles. The molecule has 34 nitrogen and oxygen atoms in total. The number of hydrogen-bond acceptors (Lipinski definition) is 30. The second-order valence-corrected chi connectivity index (χ2v) is 28.3. The molecule has 1 saturated carbocycles. The van der Waals surface area contributed by atoms with Gasteiger partial charge in [0.1, 0.15) is 67.1 Å². The van der Waals surface area contributed by atoms with Crippen LogP contribution in [0.15, 0.2) is 85.0 Å². The Morgan fingerprint density at radius 2 is 0.982 bits per heavy atom. The quantitative estimate of drug-likeness (QED) is 0.0130. The fraction of sp³-hybridized carbons (Fsp3) is 0.570. The highest BCUT2D eigenvalue weighted by molar-refractivity contribution is 6.07. The van der Waals surface area contributed by atoms with Crippen molar-refractivity contribution in [3.8, 4) is 28.7 Å². The topological polar surface area (TPSA) is 442 Å². The van der Waals surface area contributed by atoms with Crippen molar-refractivity contribution in [3.63, 3.8) is 0 Å². The van der Waals surface area contributed by atoms with Crippen LogP contribution >= 0.6 is 0 Å². The van der Waals surface area contributed by atoms with Crippen LogP contribution in [0.5, 0.6) is 28.7 Å². The number of unbranched alkanes of at least 4 members (excludes halogenated alkanes) is 2. The summed E-state index contributed by atoms with van der Waals surface area (Å²) in [7, 11) is 2.88. The number of aliphatic hydroxyl groups excluding tert-OH is 8. The van der Waals surface area contributed by atoms with Gasteiger partial charge in [0, 0.05) is 58.4 Å². The van der Waals surface area contributed by atoms with E-state index in [1.54, 1.807) is 19.1 Å². The number of nitrogens with zero attached hydrogens (tertiary/aromatic N) is 4. The van der Waals surface area contributed by atoms with E-state index in [0.717, 1.165) is 9.80 Å². The normalized spacial score (nSPS) is 23.4. The first-order chi connectivity index (χ1) is 54.5. The fourth-order valence-corrected chi connectivity index (χ4v) is 14.0. The predicted octanol–water partition coefficient (Wildman–Crippen LogP) is 4.11. The molecule has 0 spiro atoms. The van der Waals surface area contributed by atoms with E-state index in [9.17, 15) is 69.6 Å². The Kier molecular flexibility index (Phi) is 32.5. The van der Waals surface area contributed by atoms with Crippen molar-refractivity contribution in [3.05, 3.63) is 124 Å². The average Bonchev–Trinajstić information content (AvgIpc) is 1.68. The van der Waals surface area contributed by atoms with E-state index in [0.29, 0.717) is 119 Å². The highest BCUT2D eigenvalue weighted by atomic mass is 16.7. The molecular formula is C79H105N5O29. The van der Waals surface area contributed by atoms with Crippen molar-refractivity contribution < 1.29 is 141 Å². The maximum absolute atomic E-state index is 14.7. The molecule has 113 heavy (non-hydrogen) atoms. The number of aryl methyl sites for hydroxylation is 1. The van der Waals surface area contributed by atoms with Crippen LogP contribution < -0.4 is 39.4 Å². The number of ether oxygens (including phenoxy) is 14. The van der Waals surface area contributed by atoms with Gasteiger partial charge in [-0.05, 0) is 118 Å². The minimum atomic E-state index is -1.66. The van der Waals surface area contributed by atoms with Crippen molar-refractivity contribution >= 4 is 46.9 Å². The summed E-state index contributed by atoms with van der Waals surface area (Å²) in [4.78, 5) is 95.2. The van der Waals surface area contributed by atoms with Crippen LogP contribution in [0.3, 0.4) is 0 Å². The van der Waals surface area contributed by atoms with Crippen molar-refractivity contribution in [1.29, 1.82) is 0 Å². The lowest BCUT2D eigenvalue weighted by Gasteiger charge is -2.35. The number of methoxy groups -OCH3 is 2. The summed E-state index contributed by atoms with van der Waals surface area (Å²) in [6, 6.07) is 13.0. The lowest BCUT2D eigenvalue weighted by atomic mass is 9.89. The number of aliphatic hydroxyl groups is 8. The van der Waals surface area contributed by atoms with Crippen LogP contribution in [0.2, 0.25) is 0 Å². The van der Waals surface area contributed by atoms with Crippen LogP contribution in [-0.4, -0.2) is 286 Å². The monoisotopic (exact) mass is 1590 g/mol. The van der Waals surface area contributed by atoms with Gasteiger partial charge in [0.25, 0.3) is 11.8 Å². The Bertz CT molecular complexity index is 3920. The molecule has 5 heterocycles. The van der Waals surface area contributed by atoms with E-state index in [1.165, 1.54) is 72.6 Å². The molecule has 0 bridgehead atoms. The van der Waals surface area contributed by atoms with E-state index in [2.05, 4.69) is 18.0 Å². The molecule has 4 aromatic carbocycles. The Balaban J connectivity index is 0.764. The molecule has 620 valence electrons. The number of hydrogen-bond donors (Lipinski definition) is 9. The Hall–Kier alpha value is -8.50. The van der Waals surface area contributed by atoms with Gasteiger partial charge in [-0.15, -0.1) is 0 Å². The zero-order valence-corrected chi connectivity index (χ0v) is 63.8. The van der Waals surface area contributed by atoms with Crippen molar-refractivity contribution in [2.75, 3.05) is 136 Å². The summed E-state index contributed by atoms with van der Waals surface area (Å²) in [6.07, 6.45) is -13.8. The third-order valence-corrected chi connectivity index (χ3v) is 20.1. The Morgan fingerprint density at radius 3 is 1.50 bits per heavy atom. The van der Waals surface area contributed by atoms with E-state index in [1.807, 2.05) is 0 Å². The van der Waals surface area contributed by atoms with Gasteiger partial charge in [0.05, 0.1) is 145 Å². The minimum Gasteiger partial charge on any atom is -0.493 e.